The van der Waals surface area contributed by atoms with Crippen molar-refractivity contribution >= 4 is 11.6 Å². The van der Waals surface area contributed by atoms with E-state index < -0.39 is 6.10 Å². The van der Waals surface area contributed by atoms with Crippen LogP contribution in [0.1, 0.15) is 54.2 Å². The Hall–Kier alpha value is -2.37. The molecule has 3 rings (SSSR count). The van der Waals surface area contributed by atoms with Gasteiger partial charge in [-0.05, 0) is 67.6 Å². The van der Waals surface area contributed by atoms with E-state index in [-0.39, 0.29) is 5.91 Å². The van der Waals surface area contributed by atoms with Crippen molar-refractivity contribution in [2.24, 2.45) is 0 Å². The number of amides is 1. The van der Waals surface area contributed by atoms with Crippen LogP contribution in [-0.2, 0) is 4.79 Å². The summed E-state index contributed by atoms with van der Waals surface area (Å²) >= 11 is 0. The molecule has 150 valence electrons. The average Bonchev–Trinajstić information content (AvgIpc) is 3.11. The number of carbonyl (C=O) groups excluding carboxylic acids is 1. The third-order valence-electron chi connectivity index (χ3n) is 5.61. The first-order valence-electron chi connectivity index (χ1n) is 9.84. The van der Waals surface area contributed by atoms with Gasteiger partial charge in [0.15, 0.2) is 0 Å². The van der Waals surface area contributed by atoms with Crippen molar-refractivity contribution in [3.8, 4) is 5.75 Å². The number of nitrogens with zero attached hydrogens (tertiary/aromatic N) is 1. The minimum Gasteiger partial charge on any atom is -0.495 e. The highest BCUT2D eigenvalue weighted by Crippen LogP contribution is 2.35. The number of anilines is 1. The molecule has 2 aromatic rings. The first-order valence-corrected chi connectivity index (χ1v) is 9.84. The fourth-order valence-corrected chi connectivity index (χ4v) is 3.94. The second-order valence-corrected chi connectivity index (χ2v) is 7.65. The normalized spacial score (nSPS) is 18.1. The number of likely N-dealkylation sites (tertiary alicyclic amines) is 1. The highest BCUT2D eigenvalue weighted by molar-refractivity contribution is 5.90. The van der Waals surface area contributed by atoms with E-state index in [0.29, 0.717) is 24.0 Å². The molecule has 2 N–H and O–H groups in total. The summed E-state index contributed by atoms with van der Waals surface area (Å²) in [6.45, 7) is 7.27. The molecule has 1 aliphatic rings. The van der Waals surface area contributed by atoms with E-state index >= 15 is 0 Å². The topological polar surface area (TPSA) is 61.8 Å². The molecule has 1 heterocycles. The molecular formula is C23H30N2O3. The van der Waals surface area contributed by atoms with Gasteiger partial charge in [-0.2, -0.15) is 0 Å². The lowest BCUT2D eigenvalue weighted by Gasteiger charge is -2.28. The molecule has 0 spiro atoms. The van der Waals surface area contributed by atoms with E-state index in [4.69, 9.17) is 4.74 Å². The Labute approximate surface area is 167 Å². The number of β-amino-alcohol motifs (C(OH)–C–C–N with tert-alkyl or cyclic N) is 1. The highest BCUT2D eigenvalue weighted by atomic mass is 16.5. The summed E-state index contributed by atoms with van der Waals surface area (Å²) in [6.07, 6.45) is 1.60. The van der Waals surface area contributed by atoms with Gasteiger partial charge in [0.25, 0.3) is 0 Å². The molecule has 0 aromatic heterocycles. The zero-order valence-electron chi connectivity index (χ0n) is 17.2. The second-order valence-electron chi connectivity index (χ2n) is 7.65. The summed E-state index contributed by atoms with van der Waals surface area (Å²) in [4.78, 5) is 13.8. The molecule has 1 saturated heterocycles. The molecule has 0 unspecified atom stereocenters. The number of hydrogen-bond donors (Lipinski definition) is 2. The van der Waals surface area contributed by atoms with Crippen molar-refractivity contribution in [3.05, 3.63) is 58.7 Å². The number of aliphatic hydroxyl groups excluding tert-OH is 1. The Morgan fingerprint density at radius 3 is 2.71 bits per heavy atom. The third kappa shape index (κ3) is 4.54. The Morgan fingerprint density at radius 1 is 1.25 bits per heavy atom. The van der Waals surface area contributed by atoms with Crippen molar-refractivity contribution in [1.29, 1.82) is 0 Å². The number of aryl methyl sites for hydroxylation is 2. The van der Waals surface area contributed by atoms with Crippen molar-refractivity contribution in [2.45, 2.75) is 45.8 Å². The van der Waals surface area contributed by atoms with Gasteiger partial charge in [-0.3, -0.25) is 9.69 Å². The first kappa shape index (κ1) is 20.4. The van der Waals surface area contributed by atoms with Gasteiger partial charge in [-0.1, -0.05) is 24.3 Å². The minimum absolute atomic E-state index is 0.167. The lowest BCUT2D eigenvalue weighted by atomic mass is 9.99. The maximum absolute atomic E-state index is 11.5. The van der Waals surface area contributed by atoms with Gasteiger partial charge in [0.1, 0.15) is 5.75 Å². The molecule has 2 atom stereocenters. The predicted octanol–water partition coefficient (Wildman–Crippen LogP) is 4.14. The van der Waals surface area contributed by atoms with Gasteiger partial charge in [-0.25, -0.2) is 0 Å². The van der Waals surface area contributed by atoms with Crippen LogP contribution in [-0.4, -0.2) is 36.1 Å². The molecule has 5 heteroatoms. The van der Waals surface area contributed by atoms with Crippen LogP contribution in [0.4, 0.5) is 5.69 Å². The Morgan fingerprint density at radius 2 is 2.04 bits per heavy atom. The van der Waals surface area contributed by atoms with Gasteiger partial charge in [0.05, 0.1) is 18.9 Å². The van der Waals surface area contributed by atoms with Crippen molar-refractivity contribution in [3.63, 3.8) is 0 Å². The summed E-state index contributed by atoms with van der Waals surface area (Å²) in [5.74, 6) is 0.416. The Balaban J connectivity index is 1.76. The Bertz CT molecular complexity index is 850. The first-order chi connectivity index (χ1) is 13.4. The van der Waals surface area contributed by atoms with Crippen LogP contribution in [0.25, 0.3) is 0 Å². The fourth-order valence-electron chi connectivity index (χ4n) is 3.94. The van der Waals surface area contributed by atoms with Crippen molar-refractivity contribution < 1.29 is 14.6 Å². The SMILES string of the molecule is COc1ccc([C@@H](O)CN2CCC[C@H]2c2ccc(C)c(C)c2)cc1NC(C)=O. The van der Waals surface area contributed by atoms with Crippen molar-refractivity contribution in [2.75, 3.05) is 25.5 Å². The lowest BCUT2D eigenvalue weighted by Crippen LogP contribution is -2.28. The summed E-state index contributed by atoms with van der Waals surface area (Å²) in [6, 6.07) is 12.4. The van der Waals surface area contributed by atoms with Gasteiger partial charge in [0.2, 0.25) is 5.91 Å². The molecular weight excluding hydrogens is 352 g/mol. The second kappa shape index (κ2) is 8.76. The van der Waals surface area contributed by atoms with E-state index in [9.17, 15) is 9.90 Å². The van der Waals surface area contributed by atoms with Crippen LogP contribution in [0.5, 0.6) is 5.75 Å². The summed E-state index contributed by atoms with van der Waals surface area (Å²) in [7, 11) is 1.56. The molecule has 5 nitrogen and oxygen atoms in total. The van der Waals surface area contributed by atoms with Gasteiger partial charge in [-0.15, -0.1) is 0 Å². The smallest absolute Gasteiger partial charge is 0.221 e. The molecule has 1 amide bonds. The minimum atomic E-state index is -0.634. The van der Waals surface area contributed by atoms with Crippen molar-refractivity contribution in [1.82, 2.24) is 4.90 Å². The fraction of sp³-hybridized carbons (Fsp3) is 0.435. The summed E-state index contributed by atoms with van der Waals surface area (Å²) in [5, 5.41) is 13.6. The highest BCUT2D eigenvalue weighted by Gasteiger charge is 2.28. The predicted molar refractivity (Wildman–Crippen MR) is 112 cm³/mol. The van der Waals surface area contributed by atoms with Crippen LogP contribution in [0.2, 0.25) is 0 Å². The molecule has 0 saturated carbocycles. The van der Waals surface area contributed by atoms with E-state index in [1.807, 2.05) is 6.07 Å². The zero-order valence-corrected chi connectivity index (χ0v) is 17.2. The maximum Gasteiger partial charge on any atom is 0.221 e. The van der Waals surface area contributed by atoms with Crippen LogP contribution in [0.15, 0.2) is 36.4 Å². The molecule has 0 radical (unpaired) electrons. The number of methoxy groups -OCH3 is 1. The van der Waals surface area contributed by atoms with Crippen LogP contribution < -0.4 is 10.1 Å². The summed E-state index contributed by atoms with van der Waals surface area (Å²) in [5.41, 5.74) is 5.28. The van der Waals surface area contributed by atoms with Gasteiger partial charge >= 0.3 is 0 Å². The number of nitrogens with one attached hydrogen (secondary N) is 1. The number of ether oxygens (including phenoxy) is 1. The number of carbonyl (C=O) groups is 1. The van der Waals surface area contributed by atoms with Crippen LogP contribution >= 0.6 is 0 Å². The number of hydrogen-bond acceptors (Lipinski definition) is 4. The third-order valence-corrected chi connectivity index (χ3v) is 5.61. The molecule has 2 aromatic carbocycles. The maximum atomic E-state index is 11.5. The largest absolute Gasteiger partial charge is 0.495 e. The molecule has 28 heavy (non-hydrogen) atoms. The monoisotopic (exact) mass is 382 g/mol. The lowest BCUT2D eigenvalue weighted by molar-refractivity contribution is -0.114. The molecule has 1 fully saturated rings. The van der Waals surface area contributed by atoms with E-state index in [2.05, 4.69) is 42.3 Å². The zero-order chi connectivity index (χ0) is 20.3. The average molecular weight is 383 g/mol. The molecule has 0 aliphatic carbocycles. The van der Waals surface area contributed by atoms with Crippen LogP contribution in [0.3, 0.4) is 0 Å². The van der Waals surface area contributed by atoms with E-state index in [1.54, 1.807) is 19.2 Å². The van der Waals surface area contributed by atoms with Crippen LogP contribution in [0, 0.1) is 13.8 Å². The van der Waals surface area contributed by atoms with Gasteiger partial charge < -0.3 is 15.2 Å². The number of rotatable bonds is 6. The number of aliphatic hydroxyl groups is 1. The Kier molecular flexibility index (Phi) is 6.37. The quantitative estimate of drug-likeness (QED) is 0.788. The molecule has 1 aliphatic heterocycles. The standard InChI is InChI=1S/C23H30N2O3/c1-15-7-8-18(12-16(15)2)21-6-5-11-25(21)14-22(27)19-9-10-23(28-4)20(13-19)24-17(3)26/h7-10,12-13,21-22,27H,5-6,11,14H2,1-4H3,(H,24,26)/t21-,22-/m0/s1. The van der Waals surface area contributed by atoms with E-state index in [0.717, 1.165) is 24.9 Å². The van der Waals surface area contributed by atoms with E-state index in [1.165, 1.54) is 23.6 Å². The summed E-state index contributed by atoms with van der Waals surface area (Å²) < 4.78 is 5.30. The number of benzene rings is 2. The van der Waals surface area contributed by atoms with Gasteiger partial charge in [0, 0.05) is 19.5 Å². The molecule has 0 bridgehead atoms.